The molecule has 0 saturated heterocycles. The third-order valence-electron chi connectivity index (χ3n) is 1.44. The van der Waals surface area contributed by atoms with Gasteiger partial charge in [0.15, 0.2) is 0 Å². The maximum atomic E-state index is 10.3. The third kappa shape index (κ3) is 2.40. The Morgan fingerprint density at radius 2 is 2.36 bits per heavy atom. The lowest BCUT2D eigenvalue weighted by Gasteiger charge is -1.97. The van der Waals surface area contributed by atoms with Crippen LogP contribution in [0, 0.1) is 10.1 Å². The van der Waals surface area contributed by atoms with Gasteiger partial charge in [-0.1, -0.05) is 11.6 Å². The van der Waals surface area contributed by atoms with Crippen LogP contribution in [0.1, 0.15) is 5.56 Å². The van der Waals surface area contributed by atoms with Crippen LogP contribution in [-0.2, 0) is 11.2 Å². The Hall–Kier alpha value is -1.69. The molecule has 0 amide bonds. The van der Waals surface area contributed by atoms with Gasteiger partial charge in [0.2, 0.25) is 0 Å². The normalized spacial score (nSPS) is 9.79. The number of aliphatic carboxylic acids is 1. The standard InChI is InChI=1S/C7H5ClN2O4/c8-5-2-6(10(13)14)9-3-4(5)1-7(11)12/h2-3H,1H2,(H,11,12). The Labute approximate surface area is 83.3 Å². The minimum Gasteiger partial charge on any atom is -0.481 e. The highest BCUT2D eigenvalue weighted by Gasteiger charge is 2.13. The molecule has 7 heteroatoms. The number of hydrogen-bond donors (Lipinski definition) is 1. The zero-order valence-electron chi connectivity index (χ0n) is 6.81. The molecule has 1 aromatic heterocycles. The number of hydrogen-bond acceptors (Lipinski definition) is 4. The lowest BCUT2D eigenvalue weighted by molar-refractivity contribution is -0.389. The van der Waals surface area contributed by atoms with Crippen molar-refractivity contribution < 1.29 is 14.8 Å². The summed E-state index contributed by atoms with van der Waals surface area (Å²) >= 11 is 5.61. The summed E-state index contributed by atoms with van der Waals surface area (Å²) in [6.07, 6.45) is 0.790. The van der Waals surface area contributed by atoms with Gasteiger partial charge in [0, 0.05) is 5.56 Å². The first kappa shape index (κ1) is 10.4. The number of carboxylic acids is 1. The van der Waals surface area contributed by atoms with Crippen molar-refractivity contribution in [2.24, 2.45) is 0 Å². The summed E-state index contributed by atoms with van der Waals surface area (Å²) in [5.41, 5.74) is 0.254. The van der Waals surface area contributed by atoms with E-state index in [2.05, 4.69) is 4.98 Å². The smallest absolute Gasteiger partial charge is 0.364 e. The largest absolute Gasteiger partial charge is 0.481 e. The summed E-state index contributed by atoms with van der Waals surface area (Å²) in [6, 6.07) is 1.03. The molecule has 0 fully saturated rings. The van der Waals surface area contributed by atoms with Crippen LogP contribution in [0.3, 0.4) is 0 Å². The van der Waals surface area contributed by atoms with Gasteiger partial charge >= 0.3 is 11.8 Å². The number of pyridine rings is 1. The van der Waals surface area contributed by atoms with Crippen LogP contribution >= 0.6 is 11.6 Å². The molecule has 0 spiro atoms. The SMILES string of the molecule is O=C(O)Cc1cnc([N+](=O)[O-])cc1Cl. The number of aromatic nitrogens is 1. The Morgan fingerprint density at radius 3 is 2.79 bits per heavy atom. The molecule has 0 radical (unpaired) electrons. The molecule has 0 bridgehead atoms. The lowest BCUT2D eigenvalue weighted by atomic mass is 10.2. The molecule has 0 unspecified atom stereocenters. The molecule has 6 nitrogen and oxygen atoms in total. The molecule has 1 rings (SSSR count). The highest BCUT2D eigenvalue weighted by Crippen LogP contribution is 2.19. The number of nitro groups is 1. The Balaban J connectivity index is 3.01. The van der Waals surface area contributed by atoms with E-state index in [4.69, 9.17) is 16.7 Å². The zero-order valence-corrected chi connectivity index (χ0v) is 7.56. The van der Waals surface area contributed by atoms with Crippen LogP contribution in [0.25, 0.3) is 0 Å². The van der Waals surface area contributed by atoms with E-state index >= 15 is 0 Å². The lowest BCUT2D eigenvalue weighted by Crippen LogP contribution is -2.02. The van der Waals surface area contributed by atoms with Gasteiger partial charge in [0.05, 0.1) is 17.5 Å². The van der Waals surface area contributed by atoms with Crippen molar-refractivity contribution in [3.05, 3.63) is 33.0 Å². The van der Waals surface area contributed by atoms with Crippen molar-refractivity contribution in [2.75, 3.05) is 0 Å². The quantitative estimate of drug-likeness (QED) is 0.607. The molecule has 1 N–H and O–H groups in total. The number of rotatable bonds is 3. The van der Waals surface area contributed by atoms with Crippen molar-refractivity contribution in [1.29, 1.82) is 0 Å². The highest BCUT2D eigenvalue weighted by molar-refractivity contribution is 6.31. The molecular weight excluding hydrogens is 212 g/mol. The summed E-state index contributed by atoms with van der Waals surface area (Å²) in [5, 5.41) is 18.7. The molecule has 0 saturated carbocycles. The predicted molar refractivity (Wildman–Crippen MR) is 47.2 cm³/mol. The van der Waals surface area contributed by atoms with Crippen molar-refractivity contribution in [3.8, 4) is 0 Å². The first-order valence-corrected chi connectivity index (χ1v) is 3.89. The van der Waals surface area contributed by atoms with E-state index in [0.29, 0.717) is 0 Å². The van der Waals surface area contributed by atoms with Gasteiger partial charge in [-0.05, 0) is 9.91 Å². The second-order valence-electron chi connectivity index (χ2n) is 2.46. The molecule has 1 heterocycles. The fourth-order valence-electron chi connectivity index (χ4n) is 0.842. The average molecular weight is 217 g/mol. The van der Waals surface area contributed by atoms with E-state index in [-0.39, 0.29) is 17.0 Å². The van der Waals surface area contributed by atoms with Gasteiger partial charge in [-0.15, -0.1) is 0 Å². The van der Waals surface area contributed by atoms with Crippen LogP contribution < -0.4 is 0 Å². The van der Waals surface area contributed by atoms with E-state index in [9.17, 15) is 14.9 Å². The number of nitrogens with zero attached hydrogens (tertiary/aromatic N) is 2. The maximum Gasteiger partial charge on any atom is 0.364 e. The monoisotopic (exact) mass is 216 g/mol. The summed E-state index contributed by atoms with van der Waals surface area (Å²) in [7, 11) is 0. The molecular formula is C7H5ClN2O4. The van der Waals surface area contributed by atoms with Crippen molar-refractivity contribution in [2.45, 2.75) is 6.42 Å². The van der Waals surface area contributed by atoms with Gasteiger partial charge in [-0.25, -0.2) is 0 Å². The highest BCUT2D eigenvalue weighted by atomic mass is 35.5. The number of carboxylic acid groups (broad SMARTS) is 1. The topological polar surface area (TPSA) is 93.3 Å². The Morgan fingerprint density at radius 1 is 1.71 bits per heavy atom. The van der Waals surface area contributed by atoms with Crippen LogP contribution in [0.5, 0.6) is 0 Å². The fourth-order valence-corrected chi connectivity index (χ4v) is 1.06. The third-order valence-corrected chi connectivity index (χ3v) is 1.80. The summed E-state index contributed by atoms with van der Waals surface area (Å²) in [5.74, 6) is -1.47. The summed E-state index contributed by atoms with van der Waals surface area (Å²) in [4.78, 5) is 23.3. The Kier molecular flexibility index (Phi) is 2.98. The van der Waals surface area contributed by atoms with Crippen molar-refractivity contribution in [1.82, 2.24) is 4.98 Å². The van der Waals surface area contributed by atoms with Crippen LogP contribution in [0.2, 0.25) is 5.02 Å². The van der Waals surface area contributed by atoms with E-state index < -0.39 is 16.7 Å². The molecule has 14 heavy (non-hydrogen) atoms. The summed E-state index contributed by atoms with van der Waals surface area (Å²) < 4.78 is 0. The van der Waals surface area contributed by atoms with E-state index in [1.165, 1.54) is 0 Å². The minimum absolute atomic E-state index is 0.0362. The van der Waals surface area contributed by atoms with Gasteiger partial charge < -0.3 is 15.2 Å². The minimum atomic E-state index is -1.07. The molecule has 0 aliphatic rings. The second-order valence-corrected chi connectivity index (χ2v) is 2.87. The maximum absolute atomic E-state index is 10.3. The molecule has 74 valence electrons. The molecule has 0 aromatic carbocycles. The van der Waals surface area contributed by atoms with E-state index in [0.717, 1.165) is 12.3 Å². The predicted octanol–water partition coefficient (Wildman–Crippen LogP) is 1.27. The van der Waals surface area contributed by atoms with Gasteiger partial charge in [-0.3, -0.25) is 4.79 Å². The Bertz CT molecular complexity index is 393. The van der Waals surface area contributed by atoms with Crippen molar-refractivity contribution in [3.63, 3.8) is 0 Å². The van der Waals surface area contributed by atoms with Gasteiger partial charge in [0.1, 0.15) is 6.20 Å². The summed E-state index contributed by atoms with van der Waals surface area (Å²) in [6.45, 7) is 0. The van der Waals surface area contributed by atoms with Gasteiger partial charge in [-0.2, -0.15) is 0 Å². The fraction of sp³-hybridized carbons (Fsp3) is 0.143. The molecule has 0 atom stereocenters. The van der Waals surface area contributed by atoms with Crippen molar-refractivity contribution >= 4 is 23.4 Å². The zero-order chi connectivity index (χ0) is 10.7. The first-order valence-electron chi connectivity index (χ1n) is 3.51. The average Bonchev–Trinajstić information content (AvgIpc) is 2.07. The van der Waals surface area contributed by atoms with E-state index in [1.54, 1.807) is 0 Å². The first-order chi connectivity index (χ1) is 6.50. The van der Waals surface area contributed by atoms with Gasteiger partial charge in [0.25, 0.3) is 0 Å². The molecule has 0 aliphatic heterocycles. The van der Waals surface area contributed by atoms with E-state index in [1.807, 2.05) is 0 Å². The number of halogens is 1. The van der Waals surface area contributed by atoms with Crippen LogP contribution in [0.15, 0.2) is 12.3 Å². The molecule has 0 aliphatic carbocycles. The van der Waals surface area contributed by atoms with Crippen LogP contribution in [0.4, 0.5) is 5.82 Å². The number of carbonyl (C=O) groups is 1. The molecule has 1 aromatic rings. The van der Waals surface area contributed by atoms with Crippen LogP contribution in [-0.4, -0.2) is 21.0 Å². The second kappa shape index (κ2) is 4.01.